The molecule has 7 heteroatoms. The molecule has 0 saturated carbocycles. The number of rotatable bonds is 10. The molecule has 0 unspecified atom stereocenters. The van der Waals surface area contributed by atoms with Crippen molar-refractivity contribution in [2.45, 2.75) is 18.2 Å². The van der Waals surface area contributed by atoms with Crippen LogP contribution in [-0.2, 0) is 14.8 Å². The standard InChI is InChI=1S/C24H32N2O4S/c1-21(19-22-7-4-3-5-8-22)20-26(14-6-13-25-15-17-30-18-16-25)31(27,28)24-11-9-23(29-2)10-12-24/h3-5,7-12,19H,6,13-18,20H2,1-2H3. The summed E-state index contributed by atoms with van der Waals surface area (Å²) in [6.45, 7) is 6.94. The molecular weight excluding hydrogens is 412 g/mol. The van der Waals surface area contributed by atoms with Gasteiger partial charge < -0.3 is 9.47 Å². The fourth-order valence-electron chi connectivity index (χ4n) is 3.63. The fraction of sp³-hybridized carbons (Fsp3) is 0.417. The third kappa shape index (κ3) is 6.90. The predicted molar refractivity (Wildman–Crippen MR) is 124 cm³/mol. The highest BCUT2D eigenvalue weighted by atomic mass is 32.2. The van der Waals surface area contributed by atoms with E-state index in [4.69, 9.17) is 9.47 Å². The molecule has 2 aromatic rings. The first kappa shape index (κ1) is 23.5. The lowest BCUT2D eigenvalue weighted by molar-refractivity contribution is 0.0369. The Bertz CT molecular complexity index is 937. The van der Waals surface area contributed by atoms with Crippen LogP contribution in [0.3, 0.4) is 0 Å². The average Bonchev–Trinajstić information content (AvgIpc) is 2.80. The molecule has 0 atom stereocenters. The van der Waals surface area contributed by atoms with Gasteiger partial charge in [0.15, 0.2) is 0 Å². The molecule has 1 aliphatic rings. The predicted octanol–water partition coefficient (Wildman–Crippen LogP) is 3.51. The van der Waals surface area contributed by atoms with Gasteiger partial charge in [-0.2, -0.15) is 4.31 Å². The molecule has 6 nitrogen and oxygen atoms in total. The summed E-state index contributed by atoms with van der Waals surface area (Å²) < 4.78 is 39.0. The van der Waals surface area contributed by atoms with E-state index < -0.39 is 10.0 Å². The van der Waals surface area contributed by atoms with Crippen LogP contribution in [-0.4, -0.2) is 70.7 Å². The van der Waals surface area contributed by atoms with E-state index in [1.165, 1.54) is 0 Å². The molecular formula is C24H32N2O4S. The van der Waals surface area contributed by atoms with Gasteiger partial charge in [0.2, 0.25) is 10.0 Å². The normalized spacial score (nSPS) is 15.9. The van der Waals surface area contributed by atoms with Crippen molar-refractivity contribution in [3.8, 4) is 5.75 Å². The third-order valence-corrected chi connectivity index (χ3v) is 7.18. The summed E-state index contributed by atoms with van der Waals surface area (Å²) in [4.78, 5) is 2.61. The summed E-state index contributed by atoms with van der Waals surface area (Å²) in [7, 11) is -2.05. The lowest BCUT2D eigenvalue weighted by atomic mass is 10.1. The van der Waals surface area contributed by atoms with Crippen LogP contribution < -0.4 is 4.74 Å². The molecule has 1 fully saturated rings. The molecule has 1 aliphatic heterocycles. The number of hydrogen-bond donors (Lipinski definition) is 0. The molecule has 0 radical (unpaired) electrons. The van der Waals surface area contributed by atoms with Crippen molar-refractivity contribution >= 4 is 16.1 Å². The lowest BCUT2D eigenvalue weighted by Crippen LogP contribution is -2.39. The smallest absolute Gasteiger partial charge is 0.243 e. The zero-order chi connectivity index (χ0) is 22.1. The van der Waals surface area contributed by atoms with Crippen molar-refractivity contribution in [3.05, 3.63) is 65.7 Å². The van der Waals surface area contributed by atoms with E-state index in [0.29, 0.717) is 18.8 Å². The van der Waals surface area contributed by atoms with Crippen LogP contribution in [0.2, 0.25) is 0 Å². The highest BCUT2D eigenvalue weighted by Crippen LogP contribution is 2.21. The number of benzene rings is 2. The molecule has 0 amide bonds. The Labute approximate surface area is 186 Å². The van der Waals surface area contributed by atoms with E-state index in [9.17, 15) is 8.42 Å². The number of morpholine rings is 1. The summed E-state index contributed by atoms with van der Waals surface area (Å²) >= 11 is 0. The van der Waals surface area contributed by atoms with Gasteiger partial charge in [-0.15, -0.1) is 0 Å². The van der Waals surface area contributed by atoms with Gasteiger partial charge in [0.25, 0.3) is 0 Å². The van der Waals surface area contributed by atoms with Gasteiger partial charge in [-0.05, 0) is 49.7 Å². The highest BCUT2D eigenvalue weighted by molar-refractivity contribution is 7.89. The van der Waals surface area contributed by atoms with Gasteiger partial charge in [-0.1, -0.05) is 42.0 Å². The van der Waals surface area contributed by atoms with Gasteiger partial charge in [0.05, 0.1) is 25.2 Å². The summed E-state index contributed by atoms with van der Waals surface area (Å²) in [5, 5.41) is 0. The number of ether oxygens (including phenoxy) is 2. The first-order valence-corrected chi connectivity index (χ1v) is 12.1. The Morgan fingerprint density at radius 1 is 1.10 bits per heavy atom. The first-order valence-electron chi connectivity index (χ1n) is 10.7. The summed E-state index contributed by atoms with van der Waals surface area (Å²) in [6.07, 6.45) is 2.81. The number of methoxy groups -OCH3 is 1. The third-order valence-electron chi connectivity index (χ3n) is 5.32. The largest absolute Gasteiger partial charge is 0.497 e. The molecule has 1 heterocycles. The minimum atomic E-state index is -3.62. The van der Waals surface area contributed by atoms with E-state index in [1.807, 2.05) is 43.3 Å². The second-order valence-corrected chi connectivity index (χ2v) is 9.66. The maximum absolute atomic E-state index is 13.4. The van der Waals surface area contributed by atoms with Crippen LogP contribution in [0.1, 0.15) is 18.9 Å². The molecule has 0 spiro atoms. The van der Waals surface area contributed by atoms with Crippen molar-refractivity contribution in [1.29, 1.82) is 0 Å². The average molecular weight is 445 g/mol. The van der Waals surface area contributed by atoms with Crippen molar-refractivity contribution < 1.29 is 17.9 Å². The second-order valence-electron chi connectivity index (χ2n) is 7.72. The molecule has 168 valence electrons. The molecule has 31 heavy (non-hydrogen) atoms. The van der Waals surface area contributed by atoms with E-state index >= 15 is 0 Å². The number of sulfonamides is 1. The highest BCUT2D eigenvalue weighted by Gasteiger charge is 2.25. The molecule has 0 N–H and O–H groups in total. The minimum Gasteiger partial charge on any atom is -0.497 e. The monoisotopic (exact) mass is 444 g/mol. The van der Waals surface area contributed by atoms with Gasteiger partial charge in [-0.25, -0.2) is 8.42 Å². The summed E-state index contributed by atoms with van der Waals surface area (Å²) in [5.41, 5.74) is 2.06. The molecule has 0 aliphatic carbocycles. The molecule has 1 saturated heterocycles. The minimum absolute atomic E-state index is 0.284. The van der Waals surface area contributed by atoms with E-state index in [-0.39, 0.29) is 4.90 Å². The Kier molecular flexibility index (Phi) is 8.66. The van der Waals surface area contributed by atoms with Crippen LogP contribution >= 0.6 is 0 Å². The van der Waals surface area contributed by atoms with Crippen molar-refractivity contribution in [2.24, 2.45) is 0 Å². The maximum atomic E-state index is 13.4. The number of hydrogen-bond acceptors (Lipinski definition) is 5. The Balaban J connectivity index is 1.75. The number of nitrogens with zero attached hydrogens (tertiary/aromatic N) is 2. The topological polar surface area (TPSA) is 59.1 Å². The van der Waals surface area contributed by atoms with Crippen LogP contribution in [0.4, 0.5) is 0 Å². The van der Waals surface area contributed by atoms with Gasteiger partial charge >= 0.3 is 0 Å². The SMILES string of the molecule is COc1ccc(S(=O)(=O)N(CCCN2CCOCC2)CC(C)=Cc2ccccc2)cc1. The van der Waals surface area contributed by atoms with Gasteiger partial charge in [0, 0.05) is 26.2 Å². The Hall–Kier alpha value is -2.19. The molecule has 0 bridgehead atoms. The first-order chi connectivity index (χ1) is 15.0. The van der Waals surface area contributed by atoms with E-state index in [1.54, 1.807) is 35.7 Å². The van der Waals surface area contributed by atoms with Crippen molar-refractivity contribution in [2.75, 3.05) is 53.0 Å². The second kappa shape index (κ2) is 11.4. The van der Waals surface area contributed by atoms with E-state index in [2.05, 4.69) is 4.90 Å². The van der Waals surface area contributed by atoms with Crippen molar-refractivity contribution in [3.63, 3.8) is 0 Å². The summed E-state index contributed by atoms with van der Waals surface area (Å²) in [5.74, 6) is 0.637. The van der Waals surface area contributed by atoms with Gasteiger partial charge in [-0.3, -0.25) is 4.90 Å². The van der Waals surface area contributed by atoms with Crippen LogP contribution in [0.25, 0.3) is 6.08 Å². The molecule has 3 rings (SSSR count). The Morgan fingerprint density at radius 2 is 1.77 bits per heavy atom. The quantitative estimate of drug-likeness (QED) is 0.561. The van der Waals surface area contributed by atoms with Crippen LogP contribution in [0.5, 0.6) is 5.75 Å². The van der Waals surface area contributed by atoms with E-state index in [0.717, 1.165) is 50.4 Å². The lowest BCUT2D eigenvalue weighted by Gasteiger charge is -2.28. The zero-order valence-electron chi connectivity index (χ0n) is 18.4. The summed E-state index contributed by atoms with van der Waals surface area (Å²) in [6, 6.07) is 16.6. The van der Waals surface area contributed by atoms with Crippen molar-refractivity contribution in [1.82, 2.24) is 9.21 Å². The van der Waals surface area contributed by atoms with Gasteiger partial charge in [0.1, 0.15) is 5.75 Å². The molecule has 2 aromatic carbocycles. The fourth-order valence-corrected chi connectivity index (χ4v) is 5.16. The Morgan fingerprint density at radius 3 is 2.42 bits per heavy atom. The maximum Gasteiger partial charge on any atom is 0.243 e. The molecule has 0 aromatic heterocycles. The van der Waals surface area contributed by atoms with Crippen LogP contribution in [0.15, 0.2) is 65.1 Å². The van der Waals surface area contributed by atoms with Crippen LogP contribution in [0, 0.1) is 0 Å². The zero-order valence-corrected chi connectivity index (χ0v) is 19.2.